The summed E-state index contributed by atoms with van der Waals surface area (Å²) in [6.07, 6.45) is 0. The molecule has 0 aliphatic rings. The monoisotopic (exact) mass is 206 g/mol. The summed E-state index contributed by atoms with van der Waals surface area (Å²) in [5, 5.41) is 0. The largest absolute Gasteiger partial charge is 0.425 e. The number of nitrogens with two attached hydrogens (primary N) is 1. The van der Waals surface area contributed by atoms with Gasteiger partial charge in [-0.25, -0.2) is 4.39 Å². The predicted molar refractivity (Wildman–Crippen MR) is 52.6 cm³/mol. The highest BCUT2D eigenvalue weighted by Gasteiger charge is 2.04. The summed E-state index contributed by atoms with van der Waals surface area (Å²) in [6.45, 7) is 0. The predicted octanol–water partition coefficient (Wildman–Crippen LogP) is 1.42. The van der Waals surface area contributed by atoms with E-state index >= 15 is 0 Å². The van der Waals surface area contributed by atoms with E-state index in [0.717, 1.165) is 6.07 Å². The van der Waals surface area contributed by atoms with E-state index in [1.165, 1.54) is 18.2 Å². The van der Waals surface area contributed by atoms with Gasteiger partial charge in [0.2, 0.25) is 0 Å². The first-order valence-electron chi connectivity index (χ1n) is 4.19. The molecule has 1 heterocycles. The molecule has 0 aliphatic carbocycles. The normalized spacial score (nSPS) is 10.2. The molecule has 0 bridgehead atoms. The zero-order chi connectivity index (χ0) is 10.8. The first-order chi connectivity index (χ1) is 7.15. The molecular formula is C10H7FN2O2. The Kier molecular flexibility index (Phi) is 2.21. The van der Waals surface area contributed by atoms with Crippen molar-refractivity contribution in [2.75, 3.05) is 5.73 Å². The van der Waals surface area contributed by atoms with Gasteiger partial charge in [0, 0.05) is 11.6 Å². The van der Waals surface area contributed by atoms with Gasteiger partial charge in [0.05, 0.1) is 0 Å². The Hall–Kier alpha value is -2.17. The van der Waals surface area contributed by atoms with Crippen molar-refractivity contribution < 1.29 is 8.81 Å². The molecule has 0 fully saturated rings. The van der Waals surface area contributed by atoms with E-state index < -0.39 is 11.4 Å². The van der Waals surface area contributed by atoms with Crippen LogP contribution < -0.4 is 11.3 Å². The highest BCUT2D eigenvalue weighted by atomic mass is 19.1. The smallest absolute Gasteiger partial charge is 0.295 e. The minimum atomic E-state index is -0.516. The van der Waals surface area contributed by atoms with Crippen LogP contribution in [0.3, 0.4) is 0 Å². The topological polar surface area (TPSA) is 69.1 Å². The Labute approximate surface area is 84.2 Å². The van der Waals surface area contributed by atoms with Gasteiger partial charge in [-0.15, -0.1) is 0 Å². The maximum Gasteiger partial charge on any atom is 0.295 e. The third-order valence-corrected chi connectivity index (χ3v) is 1.80. The van der Waals surface area contributed by atoms with E-state index in [-0.39, 0.29) is 11.8 Å². The summed E-state index contributed by atoms with van der Waals surface area (Å²) in [5.41, 5.74) is 5.19. The number of hydrogen-bond acceptors (Lipinski definition) is 4. The molecule has 76 valence electrons. The Balaban J connectivity index is 2.59. The zero-order valence-electron chi connectivity index (χ0n) is 7.61. The van der Waals surface area contributed by atoms with Crippen molar-refractivity contribution in [3.8, 4) is 11.3 Å². The van der Waals surface area contributed by atoms with Crippen molar-refractivity contribution in [2.45, 2.75) is 0 Å². The number of hydrogen-bond donors (Lipinski definition) is 1. The van der Waals surface area contributed by atoms with Gasteiger partial charge in [-0.05, 0) is 12.1 Å². The summed E-state index contributed by atoms with van der Waals surface area (Å²) < 4.78 is 17.9. The van der Waals surface area contributed by atoms with E-state index in [4.69, 9.17) is 10.2 Å². The van der Waals surface area contributed by atoms with Gasteiger partial charge >= 0.3 is 0 Å². The first-order valence-corrected chi connectivity index (χ1v) is 4.19. The summed E-state index contributed by atoms with van der Waals surface area (Å²) >= 11 is 0. The number of benzene rings is 1. The first kappa shape index (κ1) is 9.39. The molecule has 0 spiro atoms. The quantitative estimate of drug-likeness (QED) is 0.766. The van der Waals surface area contributed by atoms with Crippen LogP contribution in [-0.2, 0) is 0 Å². The third-order valence-electron chi connectivity index (χ3n) is 1.80. The molecule has 0 amide bonds. The van der Waals surface area contributed by atoms with Gasteiger partial charge in [-0.3, -0.25) is 4.79 Å². The minimum absolute atomic E-state index is 0.201. The van der Waals surface area contributed by atoms with E-state index in [1.54, 1.807) is 6.07 Å². The van der Waals surface area contributed by atoms with Crippen molar-refractivity contribution in [3.05, 3.63) is 46.5 Å². The highest BCUT2D eigenvalue weighted by Crippen LogP contribution is 2.19. The molecule has 2 rings (SSSR count). The van der Waals surface area contributed by atoms with Crippen LogP contribution in [0.1, 0.15) is 0 Å². The van der Waals surface area contributed by atoms with Crippen molar-refractivity contribution in [2.24, 2.45) is 0 Å². The maximum atomic E-state index is 12.9. The maximum absolute atomic E-state index is 12.9. The lowest BCUT2D eigenvalue weighted by molar-refractivity contribution is 0.562. The summed E-state index contributed by atoms with van der Waals surface area (Å²) in [5.74, 6) is -0.211. The van der Waals surface area contributed by atoms with Gasteiger partial charge in [0.25, 0.3) is 11.6 Å². The number of rotatable bonds is 1. The van der Waals surface area contributed by atoms with Crippen LogP contribution >= 0.6 is 0 Å². The number of nitrogen functional groups attached to an aromatic ring is 1. The lowest BCUT2D eigenvalue weighted by Crippen LogP contribution is -2.07. The van der Waals surface area contributed by atoms with Gasteiger partial charge in [-0.2, -0.15) is 4.98 Å². The van der Waals surface area contributed by atoms with Gasteiger partial charge in [0.1, 0.15) is 11.6 Å². The average molecular weight is 206 g/mol. The molecule has 0 atom stereocenters. The van der Waals surface area contributed by atoms with Crippen LogP contribution in [0.5, 0.6) is 0 Å². The number of aromatic nitrogens is 1. The van der Waals surface area contributed by atoms with Gasteiger partial charge in [-0.1, -0.05) is 12.1 Å². The minimum Gasteiger partial charge on any atom is -0.425 e. The second-order valence-electron chi connectivity index (χ2n) is 2.91. The van der Waals surface area contributed by atoms with Crippen LogP contribution in [0.25, 0.3) is 11.3 Å². The van der Waals surface area contributed by atoms with E-state index in [0.29, 0.717) is 5.56 Å². The average Bonchev–Trinajstić information content (AvgIpc) is 2.16. The molecule has 2 N–H and O–H groups in total. The SMILES string of the molecule is Nc1nc(=O)cc(-c2cccc(F)c2)o1. The van der Waals surface area contributed by atoms with Gasteiger partial charge < -0.3 is 10.2 Å². The molecule has 4 nitrogen and oxygen atoms in total. The molecule has 0 saturated carbocycles. The number of anilines is 1. The fraction of sp³-hybridized carbons (Fsp3) is 0. The van der Waals surface area contributed by atoms with Crippen molar-refractivity contribution in [1.82, 2.24) is 4.98 Å². The van der Waals surface area contributed by atoms with Crippen molar-refractivity contribution in [1.29, 1.82) is 0 Å². The molecule has 1 aromatic heterocycles. The summed E-state index contributed by atoms with van der Waals surface area (Å²) in [4.78, 5) is 14.4. The lowest BCUT2D eigenvalue weighted by atomic mass is 10.2. The summed E-state index contributed by atoms with van der Waals surface area (Å²) in [7, 11) is 0. The fourth-order valence-corrected chi connectivity index (χ4v) is 1.20. The second-order valence-corrected chi connectivity index (χ2v) is 2.91. The molecule has 0 unspecified atom stereocenters. The standard InChI is InChI=1S/C10H7FN2O2/c11-7-3-1-2-6(4-7)8-5-9(14)13-10(12)15-8/h1-5H,(H2,12,13,14). The zero-order valence-corrected chi connectivity index (χ0v) is 7.61. The van der Waals surface area contributed by atoms with Crippen LogP contribution in [0.2, 0.25) is 0 Å². The van der Waals surface area contributed by atoms with Crippen molar-refractivity contribution in [3.63, 3.8) is 0 Å². The fourth-order valence-electron chi connectivity index (χ4n) is 1.20. The van der Waals surface area contributed by atoms with Crippen LogP contribution in [0, 0.1) is 5.82 Å². The summed E-state index contributed by atoms with van der Waals surface area (Å²) in [6, 6.07) is 6.60. The molecule has 15 heavy (non-hydrogen) atoms. The Morgan fingerprint density at radius 2 is 2.13 bits per heavy atom. The van der Waals surface area contributed by atoms with Crippen LogP contribution in [0.15, 0.2) is 39.5 Å². The Morgan fingerprint density at radius 3 is 2.80 bits per heavy atom. The molecule has 0 radical (unpaired) electrons. The molecular weight excluding hydrogens is 199 g/mol. The molecule has 5 heteroatoms. The second kappa shape index (κ2) is 3.53. The molecule has 0 aliphatic heterocycles. The number of nitrogens with zero attached hydrogens (tertiary/aromatic N) is 1. The lowest BCUT2D eigenvalue weighted by Gasteiger charge is -2.00. The van der Waals surface area contributed by atoms with Crippen molar-refractivity contribution >= 4 is 6.01 Å². The van der Waals surface area contributed by atoms with Crippen LogP contribution in [0.4, 0.5) is 10.4 Å². The molecule has 2 aromatic rings. The molecule has 0 saturated heterocycles. The third kappa shape index (κ3) is 2.01. The van der Waals surface area contributed by atoms with E-state index in [1.807, 2.05) is 0 Å². The van der Waals surface area contributed by atoms with Gasteiger partial charge in [0.15, 0.2) is 0 Å². The van der Waals surface area contributed by atoms with E-state index in [9.17, 15) is 9.18 Å². The molecule has 1 aromatic carbocycles. The van der Waals surface area contributed by atoms with Crippen LogP contribution in [-0.4, -0.2) is 4.98 Å². The number of halogens is 1. The van der Waals surface area contributed by atoms with E-state index in [2.05, 4.69) is 4.98 Å². The Bertz CT molecular complexity index is 551. The Morgan fingerprint density at radius 1 is 1.33 bits per heavy atom. The highest BCUT2D eigenvalue weighted by molar-refractivity contribution is 5.56.